The third kappa shape index (κ3) is 3.19. The van der Waals surface area contributed by atoms with Crippen LogP contribution in [0.1, 0.15) is 50.5 Å². The molecule has 1 N–H and O–H groups in total. The number of nitrogens with zero attached hydrogens (tertiary/aromatic N) is 1. The van der Waals surface area contributed by atoms with Crippen LogP contribution in [0.3, 0.4) is 0 Å². The molecule has 0 bridgehead atoms. The van der Waals surface area contributed by atoms with Crippen molar-refractivity contribution in [3.05, 3.63) is 11.1 Å². The highest BCUT2D eigenvalue weighted by Crippen LogP contribution is 2.27. The lowest BCUT2D eigenvalue weighted by Crippen LogP contribution is -2.36. The molecule has 0 aromatic carbocycles. The van der Waals surface area contributed by atoms with Crippen LogP contribution < -0.4 is 5.32 Å². The number of esters is 1. The van der Waals surface area contributed by atoms with E-state index in [2.05, 4.69) is 35.8 Å². The molecule has 0 spiro atoms. The third-order valence-electron chi connectivity index (χ3n) is 3.30. The van der Waals surface area contributed by atoms with Crippen LogP contribution in [-0.2, 0) is 4.74 Å². The van der Waals surface area contributed by atoms with Gasteiger partial charge in [0.25, 0.3) is 0 Å². The fourth-order valence-electron chi connectivity index (χ4n) is 1.77. The number of hydrogen-bond donors (Lipinski definition) is 1. The van der Waals surface area contributed by atoms with Gasteiger partial charge >= 0.3 is 5.97 Å². The van der Waals surface area contributed by atoms with Crippen molar-refractivity contribution in [1.29, 1.82) is 0 Å². The van der Waals surface area contributed by atoms with E-state index >= 15 is 0 Å². The van der Waals surface area contributed by atoms with E-state index in [4.69, 9.17) is 0 Å². The fraction of sp³-hybridized carbons (Fsp3) is 0.667. The molecule has 0 saturated carbocycles. The summed E-state index contributed by atoms with van der Waals surface area (Å²) in [6, 6.07) is 0. The van der Waals surface area contributed by atoms with E-state index in [-0.39, 0.29) is 11.5 Å². The molecule has 1 aromatic rings. The van der Waals surface area contributed by atoms with Gasteiger partial charge in [0.15, 0.2) is 10.8 Å². The highest BCUT2D eigenvalue weighted by molar-refractivity contribution is 7.13. The third-order valence-corrected chi connectivity index (χ3v) is 4.06. The minimum absolute atomic E-state index is 0.0746. The predicted molar refractivity (Wildman–Crippen MR) is 70.7 cm³/mol. The van der Waals surface area contributed by atoms with Crippen molar-refractivity contribution < 1.29 is 9.53 Å². The number of carbonyl (C=O) groups is 1. The van der Waals surface area contributed by atoms with E-state index < -0.39 is 0 Å². The average Bonchev–Trinajstić information content (AvgIpc) is 2.83. The molecule has 0 aliphatic heterocycles. The predicted octanol–water partition coefficient (Wildman–Crippen LogP) is 3.31. The molecular weight excluding hydrogens is 236 g/mol. The molecule has 0 saturated heterocycles. The van der Waals surface area contributed by atoms with E-state index in [1.165, 1.54) is 18.4 Å². The standard InChI is InChI=1S/C12H20N2O2S/c1-5-12(6-2,7-3)14-11-13-9(8-17-11)10(15)16-4/h8H,5-7H2,1-4H3,(H,13,14). The summed E-state index contributed by atoms with van der Waals surface area (Å²) in [4.78, 5) is 15.5. The summed E-state index contributed by atoms with van der Waals surface area (Å²) in [5.41, 5.74) is 0.447. The quantitative estimate of drug-likeness (QED) is 0.793. The van der Waals surface area contributed by atoms with Crippen molar-refractivity contribution in [2.45, 2.75) is 45.6 Å². The van der Waals surface area contributed by atoms with Crippen molar-refractivity contribution in [1.82, 2.24) is 4.98 Å². The van der Waals surface area contributed by atoms with Gasteiger partial charge in [0.1, 0.15) is 0 Å². The molecule has 1 aromatic heterocycles. The Balaban J connectivity index is 2.81. The summed E-state index contributed by atoms with van der Waals surface area (Å²) in [5.74, 6) is -0.385. The molecule has 0 aliphatic rings. The molecule has 1 heterocycles. The SMILES string of the molecule is CCC(CC)(CC)Nc1nc(C(=O)OC)cs1. The second-order valence-electron chi connectivity index (χ2n) is 4.00. The second kappa shape index (κ2) is 6.00. The largest absolute Gasteiger partial charge is 0.464 e. The first-order chi connectivity index (χ1) is 8.10. The van der Waals surface area contributed by atoms with Gasteiger partial charge in [-0.3, -0.25) is 0 Å². The lowest BCUT2D eigenvalue weighted by molar-refractivity contribution is 0.0595. The maximum atomic E-state index is 11.3. The minimum atomic E-state index is -0.385. The van der Waals surface area contributed by atoms with Crippen LogP contribution in [0.4, 0.5) is 5.13 Å². The number of anilines is 1. The lowest BCUT2D eigenvalue weighted by atomic mass is 9.90. The molecule has 5 heteroatoms. The number of rotatable bonds is 6. The Morgan fingerprint density at radius 1 is 1.41 bits per heavy atom. The Labute approximate surface area is 106 Å². The first-order valence-corrected chi connectivity index (χ1v) is 6.80. The summed E-state index contributed by atoms with van der Waals surface area (Å²) in [5, 5.41) is 5.95. The smallest absolute Gasteiger partial charge is 0.357 e. The van der Waals surface area contributed by atoms with Crippen molar-refractivity contribution in [2.24, 2.45) is 0 Å². The highest BCUT2D eigenvalue weighted by Gasteiger charge is 2.25. The highest BCUT2D eigenvalue weighted by atomic mass is 32.1. The summed E-state index contributed by atoms with van der Waals surface area (Å²) < 4.78 is 4.64. The number of methoxy groups -OCH3 is 1. The molecule has 0 radical (unpaired) electrons. The summed E-state index contributed by atoms with van der Waals surface area (Å²) in [7, 11) is 1.36. The van der Waals surface area contributed by atoms with Crippen LogP contribution in [-0.4, -0.2) is 23.6 Å². The van der Waals surface area contributed by atoms with Gasteiger partial charge in [-0.15, -0.1) is 11.3 Å². The molecular formula is C12H20N2O2S. The van der Waals surface area contributed by atoms with Crippen LogP contribution in [0.25, 0.3) is 0 Å². The minimum Gasteiger partial charge on any atom is -0.464 e. The Morgan fingerprint density at radius 2 is 2.00 bits per heavy atom. The van der Waals surface area contributed by atoms with E-state index in [1.54, 1.807) is 5.38 Å². The normalized spacial score (nSPS) is 11.3. The summed E-state index contributed by atoms with van der Waals surface area (Å²) in [6.45, 7) is 6.48. The van der Waals surface area contributed by atoms with Gasteiger partial charge in [-0.1, -0.05) is 20.8 Å². The van der Waals surface area contributed by atoms with Crippen LogP contribution in [0.5, 0.6) is 0 Å². The van der Waals surface area contributed by atoms with Crippen molar-refractivity contribution >= 4 is 22.4 Å². The van der Waals surface area contributed by atoms with E-state index in [0.29, 0.717) is 5.69 Å². The zero-order valence-corrected chi connectivity index (χ0v) is 11.7. The van der Waals surface area contributed by atoms with Crippen LogP contribution in [0.15, 0.2) is 5.38 Å². The van der Waals surface area contributed by atoms with Gasteiger partial charge in [-0.25, -0.2) is 9.78 Å². The molecule has 17 heavy (non-hydrogen) atoms. The van der Waals surface area contributed by atoms with Gasteiger partial charge in [-0.2, -0.15) is 0 Å². The molecule has 1 rings (SSSR count). The average molecular weight is 256 g/mol. The Kier molecular flexibility index (Phi) is 4.93. The van der Waals surface area contributed by atoms with Crippen LogP contribution in [0.2, 0.25) is 0 Å². The Hall–Kier alpha value is -1.10. The lowest BCUT2D eigenvalue weighted by Gasteiger charge is -2.31. The molecule has 0 fully saturated rings. The molecule has 0 unspecified atom stereocenters. The van der Waals surface area contributed by atoms with Gasteiger partial charge < -0.3 is 10.1 Å². The molecule has 4 nitrogen and oxygen atoms in total. The van der Waals surface area contributed by atoms with Gasteiger partial charge in [0.2, 0.25) is 0 Å². The fourth-order valence-corrected chi connectivity index (χ4v) is 2.57. The second-order valence-corrected chi connectivity index (χ2v) is 4.85. The molecule has 0 amide bonds. The van der Waals surface area contributed by atoms with Gasteiger partial charge in [0, 0.05) is 10.9 Å². The Morgan fingerprint density at radius 3 is 2.47 bits per heavy atom. The maximum Gasteiger partial charge on any atom is 0.357 e. The molecule has 0 aliphatic carbocycles. The first kappa shape index (κ1) is 14.0. The maximum absolute atomic E-state index is 11.3. The number of carbonyl (C=O) groups excluding carboxylic acids is 1. The van der Waals surface area contributed by atoms with Crippen molar-refractivity contribution in [3.63, 3.8) is 0 Å². The first-order valence-electron chi connectivity index (χ1n) is 5.92. The topological polar surface area (TPSA) is 51.2 Å². The zero-order chi connectivity index (χ0) is 12.9. The number of thiazole rings is 1. The van der Waals surface area contributed by atoms with Crippen LogP contribution >= 0.6 is 11.3 Å². The molecule has 0 atom stereocenters. The number of nitrogens with one attached hydrogen (secondary N) is 1. The van der Waals surface area contributed by atoms with E-state index in [0.717, 1.165) is 24.4 Å². The van der Waals surface area contributed by atoms with Crippen LogP contribution in [0, 0.1) is 0 Å². The monoisotopic (exact) mass is 256 g/mol. The summed E-state index contributed by atoms with van der Waals surface area (Å²) >= 11 is 1.44. The molecule has 96 valence electrons. The van der Waals surface area contributed by atoms with Crippen molar-refractivity contribution in [2.75, 3.05) is 12.4 Å². The number of aromatic nitrogens is 1. The van der Waals surface area contributed by atoms with Crippen molar-refractivity contribution in [3.8, 4) is 0 Å². The Bertz CT molecular complexity index is 364. The van der Waals surface area contributed by atoms with Gasteiger partial charge in [-0.05, 0) is 19.3 Å². The zero-order valence-electron chi connectivity index (χ0n) is 10.9. The van der Waals surface area contributed by atoms with E-state index in [1.807, 2.05) is 0 Å². The van der Waals surface area contributed by atoms with E-state index in [9.17, 15) is 4.79 Å². The summed E-state index contributed by atoms with van der Waals surface area (Å²) in [6.07, 6.45) is 3.10. The number of hydrogen-bond acceptors (Lipinski definition) is 5. The van der Waals surface area contributed by atoms with Gasteiger partial charge in [0.05, 0.1) is 7.11 Å². The number of ether oxygens (including phenoxy) is 1.